The number of nitrogens with zero attached hydrogens (tertiary/aromatic N) is 1. The summed E-state index contributed by atoms with van der Waals surface area (Å²) in [6.07, 6.45) is 1.11. The molecule has 2 nitrogen and oxygen atoms in total. The molecule has 16 heavy (non-hydrogen) atoms. The molecule has 0 bridgehead atoms. The van der Waals surface area contributed by atoms with Crippen LogP contribution in [0, 0.1) is 0 Å². The van der Waals surface area contributed by atoms with E-state index >= 15 is 0 Å². The third-order valence-corrected chi connectivity index (χ3v) is 2.87. The summed E-state index contributed by atoms with van der Waals surface area (Å²) in [5.41, 5.74) is 1.41. The lowest BCUT2D eigenvalue weighted by molar-refractivity contribution is 0.311. The molecule has 0 saturated carbocycles. The number of hydrogen-bond acceptors (Lipinski definition) is 2. The van der Waals surface area contributed by atoms with Gasteiger partial charge < -0.3 is 10.2 Å². The standard InChI is InChI=1S/C14H24N2/c1-4-16(3)12-13(2)15-11-10-14-8-6-5-7-9-14/h5-9,13,15H,4,10-12H2,1-3H3. The highest BCUT2D eigenvalue weighted by atomic mass is 15.1. The van der Waals surface area contributed by atoms with E-state index < -0.39 is 0 Å². The summed E-state index contributed by atoms with van der Waals surface area (Å²) in [4.78, 5) is 2.33. The summed E-state index contributed by atoms with van der Waals surface area (Å²) < 4.78 is 0. The van der Waals surface area contributed by atoms with E-state index in [2.05, 4.69) is 61.4 Å². The fourth-order valence-corrected chi connectivity index (χ4v) is 1.77. The van der Waals surface area contributed by atoms with E-state index in [1.54, 1.807) is 0 Å². The topological polar surface area (TPSA) is 15.3 Å². The van der Waals surface area contributed by atoms with Crippen LogP contribution in [0.15, 0.2) is 30.3 Å². The van der Waals surface area contributed by atoms with E-state index in [1.165, 1.54) is 5.56 Å². The zero-order chi connectivity index (χ0) is 11.8. The molecule has 0 radical (unpaired) electrons. The summed E-state index contributed by atoms with van der Waals surface area (Å²) in [7, 11) is 2.16. The first-order valence-electron chi connectivity index (χ1n) is 6.18. The normalized spacial score (nSPS) is 13.0. The molecule has 0 saturated heterocycles. The monoisotopic (exact) mass is 220 g/mol. The molecule has 1 unspecified atom stereocenters. The molecule has 0 aliphatic carbocycles. The maximum absolute atomic E-state index is 3.55. The zero-order valence-electron chi connectivity index (χ0n) is 10.7. The van der Waals surface area contributed by atoms with Crippen molar-refractivity contribution in [1.29, 1.82) is 0 Å². The maximum Gasteiger partial charge on any atom is 0.0166 e. The Morgan fingerprint density at radius 1 is 1.25 bits per heavy atom. The van der Waals surface area contributed by atoms with Crippen molar-refractivity contribution in [1.82, 2.24) is 10.2 Å². The summed E-state index contributed by atoms with van der Waals surface area (Å²) in [5, 5.41) is 3.55. The maximum atomic E-state index is 3.55. The molecule has 0 aliphatic rings. The van der Waals surface area contributed by atoms with Crippen LogP contribution in [0.4, 0.5) is 0 Å². The van der Waals surface area contributed by atoms with Crippen molar-refractivity contribution in [3.63, 3.8) is 0 Å². The minimum atomic E-state index is 0.564. The van der Waals surface area contributed by atoms with Crippen LogP contribution in [0.25, 0.3) is 0 Å². The van der Waals surface area contributed by atoms with Gasteiger partial charge in [-0.2, -0.15) is 0 Å². The van der Waals surface area contributed by atoms with E-state index in [9.17, 15) is 0 Å². The van der Waals surface area contributed by atoms with Gasteiger partial charge in [0, 0.05) is 12.6 Å². The Kier molecular flexibility index (Phi) is 6.12. The van der Waals surface area contributed by atoms with Gasteiger partial charge in [-0.1, -0.05) is 37.3 Å². The second-order valence-corrected chi connectivity index (χ2v) is 4.45. The number of rotatable bonds is 7. The van der Waals surface area contributed by atoms with E-state index in [-0.39, 0.29) is 0 Å². The van der Waals surface area contributed by atoms with E-state index in [4.69, 9.17) is 0 Å². The Labute approximate surface area is 99.7 Å². The average Bonchev–Trinajstić information content (AvgIpc) is 2.30. The number of benzene rings is 1. The predicted molar refractivity (Wildman–Crippen MR) is 70.8 cm³/mol. The number of hydrogen-bond donors (Lipinski definition) is 1. The van der Waals surface area contributed by atoms with Gasteiger partial charge in [0.2, 0.25) is 0 Å². The van der Waals surface area contributed by atoms with Crippen molar-refractivity contribution in [2.45, 2.75) is 26.3 Å². The van der Waals surface area contributed by atoms with Crippen LogP contribution in [0.5, 0.6) is 0 Å². The second-order valence-electron chi connectivity index (χ2n) is 4.45. The van der Waals surface area contributed by atoms with Crippen molar-refractivity contribution in [2.24, 2.45) is 0 Å². The lowest BCUT2D eigenvalue weighted by atomic mass is 10.1. The number of nitrogens with one attached hydrogen (secondary N) is 1. The van der Waals surface area contributed by atoms with Crippen LogP contribution in [0.1, 0.15) is 19.4 Å². The third kappa shape index (κ3) is 5.29. The van der Waals surface area contributed by atoms with Crippen LogP contribution in [-0.4, -0.2) is 37.6 Å². The van der Waals surface area contributed by atoms with Crippen LogP contribution in [-0.2, 0) is 6.42 Å². The second kappa shape index (κ2) is 7.42. The lowest BCUT2D eigenvalue weighted by Gasteiger charge is -2.20. The minimum absolute atomic E-state index is 0.564. The summed E-state index contributed by atoms with van der Waals surface area (Å²) in [5.74, 6) is 0. The van der Waals surface area contributed by atoms with Crippen molar-refractivity contribution < 1.29 is 0 Å². The molecule has 1 aromatic carbocycles. The smallest absolute Gasteiger partial charge is 0.0166 e. The van der Waals surface area contributed by atoms with Crippen LogP contribution >= 0.6 is 0 Å². The first kappa shape index (κ1) is 13.2. The summed E-state index contributed by atoms with van der Waals surface area (Å²) >= 11 is 0. The average molecular weight is 220 g/mol. The van der Waals surface area contributed by atoms with Gasteiger partial charge in [-0.3, -0.25) is 0 Å². The SMILES string of the molecule is CCN(C)CC(C)NCCc1ccccc1. The largest absolute Gasteiger partial charge is 0.313 e. The Bertz CT molecular complexity index is 271. The Morgan fingerprint density at radius 2 is 1.94 bits per heavy atom. The van der Waals surface area contributed by atoms with Crippen LogP contribution in [0.3, 0.4) is 0 Å². The predicted octanol–water partition coefficient (Wildman–Crippen LogP) is 2.16. The molecule has 1 N–H and O–H groups in total. The molecule has 1 rings (SSSR count). The minimum Gasteiger partial charge on any atom is -0.313 e. The first-order valence-corrected chi connectivity index (χ1v) is 6.18. The fraction of sp³-hybridized carbons (Fsp3) is 0.571. The molecule has 0 spiro atoms. The third-order valence-electron chi connectivity index (χ3n) is 2.87. The molecule has 1 aromatic rings. The summed E-state index contributed by atoms with van der Waals surface area (Å²) in [6.45, 7) is 7.73. The Hall–Kier alpha value is -0.860. The molecular weight excluding hydrogens is 196 g/mol. The van der Waals surface area contributed by atoms with Gasteiger partial charge in [0.15, 0.2) is 0 Å². The van der Waals surface area contributed by atoms with Gasteiger partial charge in [0.25, 0.3) is 0 Å². The molecule has 2 heteroatoms. The van der Waals surface area contributed by atoms with Crippen molar-refractivity contribution in [3.8, 4) is 0 Å². The fourth-order valence-electron chi connectivity index (χ4n) is 1.77. The highest BCUT2D eigenvalue weighted by Crippen LogP contribution is 1.98. The first-order chi connectivity index (χ1) is 7.72. The highest BCUT2D eigenvalue weighted by Gasteiger charge is 2.03. The van der Waals surface area contributed by atoms with E-state index in [0.29, 0.717) is 6.04 Å². The van der Waals surface area contributed by atoms with E-state index in [0.717, 1.165) is 26.1 Å². The summed E-state index contributed by atoms with van der Waals surface area (Å²) in [6, 6.07) is 11.2. The molecule has 0 aliphatic heterocycles. The van der Waals surface area contributed by atoms with Gasteiger partial charge in [-0.25, -0.2) is 0 Å². The Morgan fingerprint density at radius 3 is 2.56 bits per heavy atom. The molecule has 0 amide bonds. The quantitative estimate of drug-likeness (QED) is 0.757. The zero-order valence-corrected chi connectivity index (χ0v) is 10.7. The van der Waals surface area contributed by atoms with E-state index in [1.807, 2.05) is 0 Å². The Balaban J connectivity index is 2.15. The van der Waals surface area contributed by atoms with Gasteiger partial charge >= 0.3 is 0 Å². The van der Waals surface area contributed by atoms with Crippen molar-refractivity contribution in [2.75, 3.05) is 26.7 Å². The molecule has 0 aromatic heterocycles. The molecule has 0 heterocycles. The molecule has 1 atom stereocenters. The van der Waals surface area contributed by atoms with Gasteiger partial charge in [-0.05, 0) is 39.0 Å². The number of likely N-dealkylation sites (N-methyl/N-ethyl adjacent to an activating group) is 1. The molecular formula is C14H24N2. The van der Waals surface area contributed by atoms with Crippen LogP contribution in [0.2, 0.25) is 0 Å². The molecule has 90 valence electrons. The molecule has 0 fully saturated rings. The van der Waals surface area contributed by atoms with Crippen molar-refractivity contribution in [3.05, 3.63) is 35.9 Å². The van der Waals surface area contributed by atoms with Gasteiger partial charge in [0.1, 0.15) is 0 Å². The highest BCUT2D eigenvalue weighted by molar-refractivity contribution is 5.14. The van der Waals surface area contributed by atoms with Gasteiger partial charge in [0.05, 0.1) is 0 Å². The van der Waals surface area contributed by atoms with Gasteiger partial charge in [-0.15, -0.1) is 0 Å². The van der Waals surface area contributed by atoms with Crippen LogP contribution < -0.4 is 5.32 Å². The van der Waals surface area contributed by atoms with Crippen molar-refractivity contribution >= 4 is 0 Å². The lowest BCUT2D eigenvalue weighted by Crippen LogP contribution is -2.38.